The number of rotatable bonds is 3. The highest BCUT2D eigenvalue weighted by Crippen LogP contribution is 2.42. The molecule has 84 valence electrons. The van der Waals surface area contributed by atoms with Crippen molar-refractivity contribution in [2.45, 2.75) is 38.6 Å². The van der Waals surface area contributed by atoms with Gasteiger partial charge in [-0.2, -0.15) is 17.0 Å². The highest BCUT2D eigenvalue weighted by molar-refractivity contribution is 7.99. The van der Waals surface area contributed by atoms with Gasteiger partial charge in [-0.3, -0.25) is 5.32 Å². The molecule has 0 spiro atoms. The van der Waals surface area contributed by atoms with E-state index in [1.165, 1.54) is 18.6 Å². The molecule has 0 aromatic heterocycles. The van der Waals surface area contributed by atoms with Crippen LogP contribution in [0, 0.1) is 22.7 Å². The van der Waals surface area contributed by atoms with Crippen LogP contribution in [0.15, 0.2) is 0 Å². The Labute approximate surface area is 96.8 Å². The van der Waals surface area contributed by atoms with E-state index in [2.05, 4.69) is 25.2 Å². The quantitative estimate of drug-likeness (QED) is 0.799. The van der Waals surface area contributed by atoms with Crippen LogP contribution in [0.1, 0.15) is 33.1 Å². The van der Waals surface area contributed by atoms with Gasteiger partial charge in [-0.25, -0.2) is 0 Å². The third-order valence-electron chi connectivity index (χ3n) is 3.93. The van der Waals surface area contributed by atoms with Gasteiger partial charge in [-0.1, -0.05) is 13.8 Å². The predicted molar refractivity (Wildman–Crippen MR) is 64.8 cm³/mol. The number of hydrogen-bond acceptors (Lipinski definition) is 3. The molecule has 2 nitrogen and oxygen atoms in total. The monoisotopic (exact) mass is 224 g/mol. The minimum absolute atomic E-state index is 0.113. The lowest BCUT2D eigenvalue weighted by Gasteiger charge is -2.45. The van der Waals surface area contributed by atoms with Crippen LogP contribution in [-0.4, -0.2) is 23.6 Å². The van der Waals surface area contributed by atoms with E-state index >= 15 is 0 Å². The van der Waals surface area contributed by atoms with Gasteiger partial charge in [0.15, 0.2) is 0 Å². The van der Waals surface area contributed by atoms with Crippen molar-refractivity contribution in [3.8, 4) is 6.07 Å². The molecule has 1 unspecified atom stereocenters. The summed E-state index contributed by atoms with van der Waals surface area (Å²) < 4.78 is 0. The van der Waals surface area contributed by atoms with E-state index < -0.39 is 0 Å². The molecule has 0 radical (unpaired) electrons. The highest BCUT2D eigenvalue weighted by Gasteiger charge is 2.47. The first-order valence-corrected chi connectivity index (χ1v) is 6.99. The van der Waals surface area contributed by atoms with Crippen molar-refractivity contribution >= 4 is 11.8 Å². The molecule has 0 bridgehead atoms. The van der Waals surface area contributed by atoms with Gasteiger partial charge in [-0.15, -0.1) is 0 Å². The zero-order valence-electron chi connectivity index (χ0n) is 9.68. The largest absolute Gasteiger partial charge is 0.298 e. The Morgan fingerprint density at radius 2 is 2.20 bits per heavy atom. The van der Waals surface area contributed by atoms with Gasteiger partial charge in [-0.05, 0) is 42.9 Å². The standard InChI is InChI=1S/C12H20N2S/c1-11(2)5-6-15-9-12(11,8-13)14-7-10-3-4-10/h10,14H,3-7,9H2,1-2H3. The summed E-state index contributed by atoms with van der Waals surface area (Å²) in [5.74, 6) is 2.99. The fourth-order valence-electron chi connectivity index (χ4n) is 2.12. The third kappa shape index (κ3) is 2.16. The van der Waals surface area contributed by atoms with Crippen molar-refractivity contribution < 1.29 is 0 Å². The average molecular weight is 224 g/mol. The SMILES string of the molecule is CC1(C)CCSCC1(C#N)NCC1CC1. The van der Waals surface area contributed by atoms with E-state index in [4.69, 9.17) is 0 Å². The van der Waals surface area contributed by atoms with Gasteiger partial charge in [0.25, 0.3) is 0 Å². The first-order chi connectivity index (χ1) is 7.10. The molecular formula is C12H20N2S. The first-order valence-electron chi connectivity index (χ1n) is 5.84. The molecule has 0 aromatic rings. The molecule has 2 fully saturated rings. The van der Waals surface area contributed by atoms with Crippen LogP contribution < -0.4 is 5.32 Å². The summed E-state index contributed by atoms with van der Waals surface area (Å²) in [7, 11) is 0. The van der Waals surface area contributed by atoms with E-state index in [0.717, 1.165) is 24.6 Å². The summed E-state index contributed by atoms with van der Waals surface area (Å²) in [6.45, 7) is 5.50. The molecule has 1 aliphatic carbocycles. The van der Waals surface area contributed by atoms with E-state index in [0.29, 0.717) is 0 Å². The zero-order valence-corrected chi connectivity index (χ0v) is 10.5. The fraction of sp³-hybridized carbons (Fsp3) is 0.917. The lowest BCUT2D eigenvalue weighted by Crippen LogP contribution is -2.59. The summed E-state index contributed by atoms with van der Waals surface area (Å²) in [4.78, 5) is 0. The van der Waals surface area contributed by atoms with E-state index in [9.17, 15) is 5.26 Å². The number of nitrogens with zero attached hydrogens (tertiary/aromatic N) is 1. The highest BCUT2D eigenvalue weighted by atomic mass is 32.2. The molecule has 3 heteroatoms. The van der Waals surface area contributed by atoms with Crippen LogP contribution >= 0.6 is 11.8 Å². The molecule has 1 saturated carbocycles. The molecule has 15 heavy (non-hydrogen) atoms. The summed E-state index contributed by atoms with van der Waals surface area (Å²) in [5.41, 5.74) is -0.180. The normalized spacial score (nSPS) is 34.7. The van der Waals surface area contributed by atoms with Gasteiger partial charge in [0.2, 0.25) is 0 Å². The van der Waals surface area contributed by atoms with Gasteiger partial charge in [0.1, 0.15) is 5.54 Å². The molecule has 0 aromatic carbocycles. The summed E-state index contributed by atoms with van der Waals surface area (Å²) in [6.07, 6.45) is 3.84. The van der Waals surface area contributed by atoms with Crippen LogP contribution in [-0.2, 0) is 0 Å². The van der Waals surface area contributed by atoms with Crippen LogP contribution in [0.25, 0.3) is 0 Å². The smallest absolute Gasteiger partial charge is 0.121 e. The maximum atomic E-state index is 9.48. The van der Waals surface area contributed by atoms with Crippen LogP contribution in [0.3, 0.4) is 0 Å². The van der Waals surface area contributed by atoms with Crippen LogP contribution in [0.5, 0.6) is 0 Å². The minimum Gasteiger partial charge on any atom is -0.298 e. The average Bonchev–Trinajstić information content (AvgIpc) is 3.00. The molecule has 1 heterocycles. The van der Waals surface area contributed by atoms with Gasteiger partial charge < -0.3 is 0 Å². The molecule has 1 saturated heterocycles. The Balaban J connectivity index is 2.06. The maximum Gasteiger partial charge on any atom is 0.121 e. The molecule has 1 aliphatic heterocycles. The Bertz CT molecular complexity index is 278. The van der Waals surface area contributed by atoms with Crippen molar-refractivity contribution in [1.82, 2.24) is 5.32 Å². The van der Waals surface area contributed by atoms with Crippen molar-refractivity contribution in [2.24, 2.45) is 11.3 Å². The van der Waals surface area contributed by atoms with E-state index in [1.54, 1.807) is 0 Å². The number of nitrogens with one attached hydrogen (secondary N) is 1. The fourth-order valence-corrected chi connectivity index (χ4v) is 3.78. The van der Waals surface area contributed by atoms with Crippen molar-refractivity contribution in [3.63, 3.8) is 0 Å². The molecule has 1 atom stereocenters. The number of thioether (sulfide) groups is 1. The lowest BCUT2D eigenvalue weighted by atomic mass is 9.71. The molecule has 0 amide bonds. The Morgan fingerprint density at radius 1 is 1.47 bits per heavy atom. The second-order valence-electron chi connectivity index (χ2n) is 5.53. The van der Waals surface area contributed by atoms with Crippen molar-refractivity contribution in [2.75, 3.05) is 18.1 Å². The molecule has 1 N–H and O–H groups in total. The Hall–Kier alpha value is -0.200. The molecule has 2 rings (SSSR count). The second kappa shape index (κ2) is 3.99. The lowest BCUT2D eigenvalue weighted by molar-refractivity contribution is 0.182. The van der Waals surface area contributed by atoms with Gasteiger partial charge in [0.05, 0.1) is 6.07 Å². The molecule has 2 aliphatic rings. The van der Waals surface area contributed by atoms with E-state index in [1.807, 2.05) is 11.8 Å². The van der Waals surface area contributed by atoms with Gasteiger partial charge >= 0.3 is 0 Å². The second-order valence-corrected chi connectivity index (χ2v) is 6.63. The zero-order chi connectivity index (χ0) is 10.9. The Kier molecular flexibility index (Phi) is 3.00. The number of hydrogen-bond donors (Lipinski definition) is 1. The Morgan fingerprint density at radius 3 is 2.73 bits per heavy atom. The minimum atomic E-state index is -0.293. The summed E-state index contributed by atoms with van der Waals surface area (Å²) >= 11 is 1.92. The van der Waals surface area contributed by atoms with Crippen LogP contribution in [0.2, 0.25) is 0 Å². The number of nitriles is 1. The first kappa shape index (κ1) is 11.3. The summed E-state index contributed by atoms with van der Waals surface area (Å²) in [6, 6.07) is 2.56. The van der Waals surface area contributed by atoms with E-state index in [-0.39, 0.29) is 11.0 Å². The summed E-state index contributed by atoms with van der Waals surface area (Å²) in [5, 5.41) is 13.0. The predicted octanol–water partition coefficient (Wildman–Crippen LogP) is 2.41. The van der Waals surface area contributed by atoms with Gasteiger partial charge in [0, 0.05) is 5.75 Å². The van der Waals surface area contributed by atoms with Crippen molar-refractivity contribution in [3.05, 3.63) is 0 Å². The topological polar surface area (TPSA) is 35.8 Å². The molecular weight excluding hydrogens is 204 g/mol. The van der Waals surface area contributed by atoms with Crippen LogP contribution in [0.4, 0.5) is 0 Å². The third-order valence-corrected chi connectivity index (χ3v) is 5.06. The maximum absolute atomic E-state index is 9.48. The van der Waals surface area contributed by atoms with Crippen molar-refractivity contribution in [1.29, 1.82) is 5.26 Å².